The van der Waals surface area contributed by atoms with E-state index in [4.69, 9.17) is 0 Å². The van der Waals surface area contributed by atoms with Crippen molar-refractivity contribution in [2.75, 3.05) is 0 Å². The topological polar surface area (TPSA) is 0 Å². The fourth-order valence-corrected chi connectivity index (χ4v) is 3.59. The Hall–Kier alpha value is -2.12. The van der Waals surface area contributed by atoms with Crippen molar-refractivity contribution in [2.45, 2.75) is 12.3 Å². The van der Waals surface area contributed by atoms with Gasteiger partial charge in [0.1, 0.15) is 0 Å². The van der Waals surface area contributed by atoms with Gasteiger partial charge in [-0.3, -0.25) is 0 Å². The quantitative estimate of drug-likeness (QED) is 0.475. The third-order valence-corrected chi connectivity index (χ3v) is 5.04. The number of hydrogen-bond acceptors (Lipinski definition) is 0. The van der Waals surface area contributed by atoms with Crippen LogP contribution in [0.5, 0.6) is 0 Å². The van der Waals surface area contributed by atoms with Crippen molar-refractivity contribution in [3.05, 3.63) is 101 Å². The van der Waals surface area contributed by atoms with Crippen molar-refractivity contribution in [1.29, 1.82) is 0 Å². The van der Waals surface area contributed by atoms with E-state index in [0.717, 1.165) is 10.9 Å². The molecule has 23 heavy (non-hydrogen) atoms. The third-order valence-electron chi connectivity index (χ3n) is 4.51. The summed E-state index contributed by atoms with van der Waals surface area (Å²) in [5, 5.41) is 2.65. The van der Waals surface area contributed by atoms with Gasteiger partial charge in [0.25, 0.3) is 0 Å². The molecule has 0 radical (unpaired) electrons. The van der Waals surface area contributed by atoms with E-state index in [2.05, 4.69) is 101 Å². The molecule has 0 saturated carbocycles. The minimum Gasteiger partial charge on any atom is -0.0767 e. The monoisotopic (exact) mass is 360 g/mol. The first kappa shape index (κ1) is 14.5. The third kappa shape index (κ3) is 2.89. The van der Waals surface area contributed by atoms with Crippen molar-refractivity contribution in [3.63, 3.8) is 0 Å². The van der Waals surface area contributed by atoms with Gasteiger partial charge < -0.3 is 0 Å². The first-order valence-corrected chi connectivity index (χ1v) is 8.71. The van der Waals surface area contributed by atoms with Gasteiger partial charge in [-0.05, 0) is 46.0 Å². The number of allylic oxidation sites excluding steroid dienone is 4. The summed E-state index contributed by atoms with van der Waals surface area (Å²) < 4.78 is 1.13. The molecule has 1 aliphatic rings. The molecule has 0 saturated heterocycles. The lowest BCUT2D eigenvalue weighted by molar-refractivity contribution is 0.868. The molecule has 1 unspecified atom stereocenters. The Morgan fingerprint density at radius 1 is 0.826 bits per heavy atom. The SMILES string of the molecule is Brc1ccc(C2C=CC=C(c3cccc4ccccc34)C2)cc1. The van der Waals surface area contributed by atoms with Gasteiger partial charge in [-0.1, -0.05) is 88.8 Å². The summed E-state index contributed by atoms with van der Waals surface area (Å²) >= 11 is 3.52. The molecule has 0 N–H and O–H groups in total. The van der Waals surface area contributed by atoms with Crippen molar-refractivity contribution in [1.82, 2.24) is 0 Å². The van der Waals surface area contributed by atoms with Crippen LogP contribution in [0.3, 0.4) is 0 Å². The Bertz CT molecular complexity index is 895. The Morgan fingerprint density at radius 3 is 2.48 bits per heavy atom. The van der Waals surface area contributed by atoms with E-state index >= 15 is 0 Å². The molecule has 0 fully saturated rings. The van der Waals surface area contributed by atoms with Crippen LogP contribution in [0.2, 0.25) is 0 Å². The lowest BCUT2D eigenvalue weighted by Gasteiger charge is -2.20. The fourth-order valence-electron chi connectivity index (χ4n) is 3.32. The van der Waals surface area contributed by atoms with Crippen LogP contribution in [0.4, 0.5) is 0 Å². The number of benzene rings is 3. The van der Waals surface area contributed by atoms with E-state index in [9.17, 15) is 0 Å². The minimum absolute atomic E-state index is 0.446. The summed E-state index contributed by atoms with van der Waals surface area (Å²) in [6.07, 6.45) is 7.81. The number of fused-ring (bicyclic) bond motifs is 1. The van der Waals surface area contributed by atoms with Crippen LogP contribution >= 0.6 is 15.9 Å². The molecule has 4 rings (SSSR count). The molecule has 0 amide bonds. The molecule has 0 spiro atoms. The highest BCUT2D eigenvalue weighted by atomic mass is 79.9. The Kier molecular flexibility index (Phi) is 3.88. The predicted molar refractivity (Wildman–Crippen MR) is 103 cm³/mol. The average molecular weight is 361 g/mol. The standard InChI is InChI=1S/C22H17Br/c23-20-13-11-16(12-14-20)18-7-3-8-19(15-18)22-10-4-6-17-5-1-2-9-21(17)22/h1-14,18H,15H2. The zero-order chi connectivity index (χ0) is 15.6. The summed E-state index contributed by atoms with van der Waals surface area (Å²) in [7, 11) is 0. The zero-order valence-corrected chi connectivity index (χ0v) is 14.3. The molecule has 1 atom stereocenters. The highest BCUT2D eigenvalue weighted by Gasteiger charge is 2.16. The van der Waals surface area contributed by atoms with Gasteiger partial charge in [-0.2, -0.15) is 0 Å². The van der Waals surface area contributed by atoms with Gasteiger partial charge in [-0.25, -0.2) is 0 Å². The predicted octanol–water partition coefficient (Wildman–Crippen LogP) is 6.73. The fraction of sp³-hybridized carbons (Fsp3) is 0.0909. The first-order chi connectivity index (χ1) is 11.3. The summed E-state index contributed by atoms with van der Waals surface area (Å²) in [4.78, 5) is 0. The van der Waals surface area contributed by atoms with Gasteiger partial charge in [0, 0.05) is 10.4 Å². The number of hydrogen-bond donors (Lipinski definition) is 0. The van der Waals surface area contributed by atoms with Crippen molar-refractivity contribution >= 4 is 32.3 Å². The molecular weight excluding hydrogens is 344 g/mol. The Morgan fingerprint density at radius 2 is 1.61 bits per heavy atom. The van der Waals surface area contributed by atoms with Crippen LogP contribution in [-0.2, 0) is 0 Å². The van der Waals surface area contributed by atoms with Crippen molar-refractivity contribution < 1.29 is 0 Å². The Balaban J connectivity index is 1.71. The maximum Gasteiger partial charge on any atom is 0.0175 e. The second kappa shape index (κ2) is 6.17. The van der Waals surface area contributed by atoms with Crippen LogP contribution in [0.1, 0.15) is 23.5 Å². The van der Waals surface area contributed by atoms with E-state index in [1.54, 1.807) is 0 Å². The average Bonchev–Trinajstić information content (AvgIpc) is 2.62. The smallest absolute Gasteiger partial charge is 0.0175 e. The molecule has 0 bridgehead atoms. The van der Waals surface area contributed by atoms with Gasteiger partial charge in [0.15, 0.2) is 0 Å². The molecule has 0 nitrogen and oxygen atoms in total. The largest absolute Gasteiger partial charge is 0.0767 e. The molecule has 0 aromatic heterocycles. The van der Waals surface area contributed by atoms with E-state index < -0.39 is 0 Å². The van der Waals surface area contributed by atoms with Crippen molar-refractivity contribution in [3.8, 4) is 0 Å². The molecule has 0 aliphatic heterocycles. The summed E-state index contributed by atoms with van der Waals surface area (Å²) in [5.74, 6) is 0.446. The summed E-state index contributed by atoms with van der Waals surface area (Å²) in [5.41, 5.74) is 4.14. The maximum absolute atomic E-state index is 3.52. The molecule has 1 heteroatoms. The molecule has 112 valence electrons. The molecule has 0 heterocycles. The summed E-state index contributed by atoms with van der Waals surface area (Å²) in [6.45, 7) is 0. The normalized spacial score (nSPS) is 17.3. The lowest BCUT2D eigenvalue weighted by atomic mass is 9.84. The molecular formula is C22H17Br. The molecule has 3 aromatic carbocycles. The highest BCUT2D eigenvalue weighted by molar-refractivity contribution is 9.10. The summed E-state index contributed by atoms with van der Waals surface area (Å²) in [6, 6.07) is 23.9. The minimum atomic E-state index is 0.446. The van der Waals surface area contributed by atoms with Gasteiger partial charge in [0.2, 0.25) is 0 Å². The van der Waals surface area contributed by atoms with Gasteiger partial charge in [-0.15, -0.1) is 0 Å². The van der Waals surface area contributed by atoms with Gasteiger partial charge >= 0.3 is 0 Å². The van der Waals surface area contributed by atoms with Crippen molar-refractivity contribution in [2.24, 2.45) is 0 Å². The van der Waals surface area contributed by atoms with E-state index in [1.165, 1.54) is 27.5 Å². The van der Waals surface area contributed by atoms with Gasteiger partial charge in [0.05, 0.1) is 0 Å². The van der Waals surface area contributed by atoms with Crippen LogP contribution in [0, 0.1) is 0 Å². The van der Waals surface area contributed by atoms with E-state index in [-0.39, 0.29) is 0 Å². The first-order valence-electron chi connectivity index (χ1n) is 7.92. The van der Waals surface area contributed by atoms with E-state index in [1.807, 2.05) is 0 Å². The molecule has 1 aliphatic carbocycles. The van der Waals surface area contributed by atoms with Crippen LogP contribution in [0.15, 0.2) is 89.4 Å². The Labute approximate surface area is 145 Å². The van der Waals surface area contributed by atoms with E-state index in [0.29, 0.717) is 5.92 Å². The van der Waals surface area contributed by atoms with Crippen LogP contribution in [0.25, 0.3) is 16.3 Å². The second-order valence-electron chi connectivity index (χ2n) is 5.97. The lowest BCUT2D eigenvalue weighted by Crippen LogP contribution is -2.01. The van der Waals surface area contributed by atoms with Crippen LogP contribution < -0.4 is 0 Å². The number of rotatable bonds is 2. The highest BCUT2D eigenvalue weighted by Crippen LogP contribution is 2.36. The molecule has 3 aromatic rings. The number of halogens is 1. The maximum atomic E-state index is 3.52. The zero-order valence-electron chi connectivity index (χ0n) is 12.7. The van der Waals surface area contributed by atoms with Crippen LogP contribution in [-0.4, -0.2) is 0 Å². The second-order valence-corrected chi connectivity index (χ2v) is 6.88.